The highest BCUT2D eigenvalue weighted by Crippen LogP contribution is 2.31. The number of morpholine rings is 1. The number of ether oxygens (including phenoxy) is 2. The Hall–Kier alpha value is -2.94. The summed E-state index contributed by atoms with van der Waals surface area (Å²) in [6.07, 6.45) is 3.85. The van der Waals surface area contributed by atoms with Crippen molar-refractivity contribution < 1.29 is 23.6 Å². The Labute approximate surface area is 155 Å². The van der Waals surface area contributed by atoms with Crippen molar-refractivity contribution in [1.29, 1.82) is 0 Å². The molecule has 1 spiro atoms. The van der Waals surface area contributed by atoms with Crippen LogP contribution in [-0.4, -0.2) is 77.3 Å². The van der Waals surface area contributed by atoms with Gasteiger partial charge in [-0.25, -0.2) is 0 Å². The maximum absolute atomic E-state index is 12.7. The van der Waals surface area contributed by atoms with Gasteiger partial charge in [-0.2, -0.15) is 0 Å². The minimum atomic E-state index is -0.560. The van der Waals surface area contributed by atoms with Crippen LogP contribution in [-0.2, 0) is 4.74 Å². The first-order valence-corrected chi connectivity index (χ1v) is 8.73. The van der Waals surface area contributed by atoms with Crippen molar-refractivity contribution in [2.24, 2.45) is 0 Å². The molecule has 2 aliphatic heterocycles. The third-order valence-corrected chi connectivity index (χ3v) is 4.96. The highest BCUT2D eigenvalue weighted by molar-refractivity contribution is 5.94. The molecule has 4 heterocycles. The van der Waals surface area contributed by atoms with E-state index in [2.05, 4.69) is 10.1 Å². The molecule has 0 aliphatic carbocycles. The van der Waals surface area contributed by atoms with E-state index >= 15 is 0 Å². The number of likely N-dealkylation sites (tertiary alicyclic amines) is 1. The summed E-state index contributed by atoms with van der Waals surface area (Å²) < 4.78 is 16.0. The van der Waals surface area contributed by atoms with Gasteiger partial charge in [0, 0.05) is 25.5 Å². The SMILES string of the molecule is COc1cc(C(=O)N2CCC3(CN(C(=O)c4cccnc4)CCO3)C2)on1. The summed E-state index contributed by atoms with van der Waals surface area (Å²) in [6.45, 7) is 2.31. The normalized spacial score (nSPS) is 22.3. The van der Waals surface area contributed by atoms with Crippen LogP contribution in [0.3, 0.4) is 0 Å². The van der Waals surface area contributed by atoms with Gasteiger partial charge in [0.15, 0.2) is 0 Å². The number of carbonyl (C=O) groups excluding carboxylic acids is 2. The lowest BCUT2D eigenvalue weighted by Crippen LogP contribution is -2.55. The topological polar surface area (TPSA) is 98.0 Å². The molecule has 0 saturated carbocycles. The second-order valence-electron chi connectivity index (χ2n) is 6.71. The van der Waals surface area contributed by atoms with Gasteiger partial charge in [0.05, 0.1) is 38.4 Å². The van der Waals surface area contributed by atoms with Crippen molar-refractivity contribution in [3.63, 3.8) is 0 Å². The summed E-state index contributed by atoms with van der Waals surface area (Å²) in [5.41, 5.74) is -0.00942. The smallest absolute Gasteiger partial charge is 0.292 e. The van der Waals surface area contributed by atoms with Gasteiger partial charge in [0.2, 0.25) is 5.76 Å². The quantitative estimate of drug-likeness (QED) is 0.787. The number of pyridine rings is 1. The molecule has 9 nitrogen and oxygen atoms in total. The Kier molecular flexibility index (Phi) is 4.53. The number of aromatic nitrogens is 2. The highest BCUT2D eigenvalue weighted by atomic mass is 16.5. The van der Waals surface area contributed by atoms with Crippen molar-refractivity contribution in [3.05, 3.63) is 41.9 Å². The van der Waals surface area contributed by atoms with E-state index in [1.165, 1.54) is 13.2 Å². The van der Waals surface area contributed by atoms with E-state index in [-0.39, 0.29) is 23.5 Å². The summed E-state index contributed by atoms with van der Waals surface area (Å²) in [4.78, 5) is 32.8. The van der Waals surface area contributed by atoms with E-state index in [1.54, 1.807) is 34.3 Å². The predicted octanol–water partition coefficient (Wildman–Crippen LogP) is 0.836. The molecule has 0 N–H and O–H groups in total. The standard InChI is InChI=1S/C18H20N4O5/c1-25-15-9-14(27-20-15)17(24)21-6-4-18(11-21)12-22(7-8-26-18)16(23)13-3-2-5-19-10-13/h2-3,5,9-10H,4,6-8,11-12H2,1H3. The molecular weight excluding hydrogens is 352 g/mol. The Balaban J connectivity index is 1.44. The number of nitrogens with zero attached hydrogens (tertiary/aromatic N) is 4. The average Bonchev–Trinajstić information content (AvgIpc) is 3.35. The second-order valence-corrected chi connectivity index (χ2v) is 6.71. The van der Waals surface area contributed by atoms with Crippen molar-refractivity contribution in [2.45, 2.75) is 12.0 Å². The number of methoxy groups -OCH3 is 1. The van der Waals surface area contributed by atoms with Crippen LogP contribution in [0.5, 0.6) is 5.88 Å². The maximum Gasteiger partial charge on any atom is 0.292 e. The van der Waals surface area contributed by atoms with Gasteiger partial charge in [0.1, 0.15) is 5.60 Å². The zero-order valence-electron chi connectivity index (χ0n) is 15.0. The molecule has 4 rings (SSSR count). The molecule has 0 bridgehead atoms. The Morgan fingerprint density at radius 3 is 2.74 bits per heavy atom. The molecule has 2 saturated heterocycles. The van der Waals surface area contributed by atoms with Crippen molar-refractivity contribution in [3.8, 4) is 5.88 Å². The van der Waals surface area contributed by atoms with Crippen LogP contribution < -0.4 is 4.74 Å². The van der Waals surface area contributed by atoms with Crippen LogP contribution >= 0.6 is 0 Å². The second kappa shape index (κ2) is 6.99. The largest absolute Gasteiger partial charge is 0.479 e. The fourth-order valence-electron chi connectivity index (χ4n) is 3.57. The van der Waals surface area contributed by atoms with E-state index < -0.39 is 5.60 Å². The van der Waals surface area contributed by atoms with Gasteiger partial charge in [-0.05, 0) is 23.7 Å². The van der Waals surface area contributed by atoms with Gasteiger partial charge >= 0.3 is 0 Å². The fourth-order valence-corrected chi connectivity index (χ4v) is 3.57. The summed E-state index contributed by atoms with van der Waals surface area (Å²) in [5.74, 6) is 0.0509. The molecule has 1 atom stereocenters. The van der Waals surface area contributed by atoms with Gasteiger partial charge in [-0.15, -0.1) is 0 Å². The molecule has 2 aromatic heterocycles. The Morgan fingerprint density at radius 2 is 2.04 bits per heavy atom. The molecule has 9 heteroatoms. The average molecular weight is 372 g/mol. The first-order chi connectivity index (χ1) is 13.1. The minimum absolute atomic E-state index is 0.0736. The van der Waals surface area contributed by atoms with Crippen LogP contribution in [0.1, 0.15) is 27.3 Å². The van der Waals surface area contributed by atoms with Crippen molar-refractivity contribution in [2.75, 3.05) is 39.9 Å². The van der Waals surface area contributed by atoms with Crippen LogP contribution in [0.2, 0.25) is 0 Å². The summed E-state index contributed by atoms with van der Waals surface area (Å²) in [7, 11) is 1.46. The molecule has 142 valence electrons. The molecule has 0 radical (unpaired) electrons. The number of rotatable bonds is 3. The third-order valence-electron chi connectivity index (χ3n) is 4.96. The van der Waals surface area contributed by atoms with Gasteiger partial charge < -0.3 is 23.8 Å². The van der Waals surface area contributed by atoms with Gasteiger partial charge in [0.25, 0.3) is 17.7 Å². The molecule has 2 aliphatic rings. The summed E-state index contributed by atoms with van der Waals surface area (Å²) in [6, 6.07) is 4.96. The Morgan fingerprint density at radius 1 is 1.22 bits per heavy atom. The van der Waals surface area contributed by atoms with Crippen LogP contribution in [0.4, 0.5) is 0 Å². The Bertz CT molecular complexity index is 839. The minimum Gasteiger partial charge on any atom is -0.479 e. The first-order valence-electron chi connectivity index (χ1n) is 8.73. The van der Waals surface area contributed by atoms with Crippen molar-refractivity contribution >= 4 is 11.8 Å². The molecular formula is C18H20N4O5. The first kappa shape index (κ1) is 17.5. The third kappa shape index (κ3) is 3.37. The monoisotopic (exact) mass is 372 g/mol. The van der Waals surface area contributed by atoms with Gasteiger partial charge in [-0.1, -0.05) is 0 Å². The molecule has 0 aromatic carbocycles. The predicted molar refractivity (Wildman–Crippen MR) is 92.4 cm³/mol. The molecule has 2 aromatic rings. The summed E-state index contributed by atoms with van der Waals surface area (Å²) in [5, 5.41) is 3.67. The lowest BCUT2D eigenvalue weighted by molar-refractivity contribution is -0.0905. The molecule has 2 amide bonds. The van der Waals surface area contributed by atoms with Crippen LogP contribution in [0.25, 0.3) is 0 Å². The lowest BCUT2D eigenvalue weighted by Gasteiger charge is -2.40. The van der Waals surface area contributed by atoms with Crippen LogP contribution in [0, 0.1) is 0 Å². The van der Waals surface area contributed by atoms with Gasteiger partial charge in [-0.3, -0.25) is 14.6 Å². The lowest BCUT2D eigenvalue weighted by atomic mass is 10.00. The summed E-state index contributed by atoms with van der Waals surface area (Å²) >= 11 is 0. The van der Waals surface area contributed by atoms with E-state index in [4.69, 9.17) is 14.0 Å². The molecule has 2 fully saturated rings. The molecule has 27 heavy (non-hydrogen) atoms. The fraction of sp³-hybridized carbons (Fsp3) is 0.444. The highest BCUT2D eigenvalue weighted by Gasteiger charge is 2.46. The van der Waals surface area contributed by atoms with E-state index in [0.29, 0.717) is 44.8 Å². The van der Waals surface area contributed by atoms with Crippen LogP contribution in [0.15, 0.2) is 35.1 Å². The maximum atomic E-state index is 12.7. The number of carbonyl (C=O) groups is 2. The zero-order chi connectivity index (χ0) is 18.9. The zero-order valence-corrected chi connectivity index (χ0v) is 15.0. The number of hydrogen-bond donors (Lipinski definition) is 0. The van der Waals surface area contributed by atoms with E-state index in [9.17, 15) is 9.59 Å². The van der Waals surface area contributed by atoms with E-state index in [0.717, 1.165) is 0 Å². The number of hydrogen-bond acceptors (Lipinski definition) is 7. The number of amides is 2. The molecule has 1 unspecified atom stereocenters. The van der Waals surface area contributed by atoms with E-state index in [1.807, 2.05) is 0 Å². The van der Waals surface area contributed by atoms with Crippen molar-refractivity contribution in [1.82, 2.24) is 19.9 Å².